The van der Waals surface area contributed by atoms with E-state index in [4.69, 9.17) is 0 Å². The van der Waals surface area contributed by atoms with Crippen molar-refractivity contribution in [1.82, 2.24) is 15.1 Å². The minimum Gasteiger partial charge on any atom is -0.391 e. The fourth-order valence-electron chi connectivity index (χ4n) is 3.73. The zero-order valence-corrected chi connectivity index (χ0v) is 14.6. The Hall–Kier alpha value is -1.59. The average molecular weight is 331 g/mol. The van der Waals surface area contributed by atoms with Gasteiger partial charge in [0.25, 0.3) is 0 Å². The van der Waals surface area contributed by atoms with Crippen molar-refractivity contribution in [2.75, 3.05) is 32.7 Å². The number of benzene rings is 1. The first kappa shape index (κ1) is 17.2. The molecule has 5 heteroatoms. The molecule has 2 heterocycles. The number of nitrogens with one attached hydrogen (secondary N) is 1. The van der Waals surface area contributed by atoms with Gasteiger partial charge < -0.3 is 15.3 Å². The fraction of sp³-hybridized carbons (Fsp3) is 0.632. The van der Waals surface area contributed by atoms with Gasteiger partial charge in [-0.3, -0.25) is 4.90 Å². The molecule has 2 aliphatic rings. The van der Waals surface area contributed by atoms with Crippen molar-refractivity contribution in [2.24, 2.45) is 0 Å². The number of urea groups is 1. The van der Waals surface area contributed by atoms with Crippen LogP contribution in [0.1, 0.15) is 42.9 Å². The molecule has 0 aliphatic carbocycles. The predicted octanol–water partition coefficient (Wildman–Crippen LogP) is 2.30. The molecule has 2 fully saturated rings. The number of amides is 2. The Balaban J connectivity index is 1.63. The van der Waals surface area contributed by atoms with E-state index in [0.717, 1.165) is 32.5 Å². The highest BCUT2D eigenvalue weighted by atomic mass is 16.3. The molecule has 0 bridgehead atoms. The van der Waals surface area contributed by atoms with Gasteiger partial charge in [-0.05, 0) is 51.3 Å². The molecule has 0 saturated carbocycles. The van der Waals surface area contributed by atoms with Crippen molar-refractivity contribution in [3.05, 3.63) is 35.4 Å². The van der Waals surface area contributed by atoms with Crippen LogP contribution in [-0.2, 0) is 0 Å². The van der Waals surface area contributed by atoms with Crippen LogP contribution in [0.15, 0.2) is 24.3 Å². The summed E-state index contributed by atoms with van der Waals surface area (Å²) in [5, 5.41) is 12.8. The number of nitrogens with zero attached hydrogens (tertiary/aromatic N) is 2. The van der Waals surface area contributed by atoms with Crippen molar-refractivity contribution >= 4 is 6.03 Å². The Morgan fingerprint density at radius 1 is 1.21 bits per heavy atom. The molecule has 2 amide bonds. The van der Waals surface area contributed by atoms with Gasteiger partial charge >= 0.3 is 6.03 Å². The van der Waals surface area contributed by atoms with Gasteiger partial charge in [-0.25, -0.2) is 4.79 Å². The summed E-state index contributed by atoms with van der Waals surface area (Å²) >= 11 is 0. The topological polar surface area (TPSA) is 55.8 Å². The van der Waals surface area contributed by atoms with E-state index in [0.29, 0.717) is 13.1 Å². The van der Waals surface area contributed by atoms with Gasteiger partial charge in [0.05, 0.1) is 12.1 Å². The Labute approximate surface area is 144 Å². The van der Waals surface area contributed by atoms with Crippen molar-refractivity contribution in [1.29, 1.82) is 0 Å². The van der Waals surface area contributed by atoms with Crippen LogP contribution in [0.4, 0.5) is 4.79 Å². The van der Waals surface area contributed by atoms with Crippen LogP contribution in [-0.4, -0.2) is 59.8 Å². The van der Waals surface area contributed by atoms with Crippen LogP contribution in [0.3, 0.4) is 0 Å². The summed E-state index contributed by atoms with van der Waals surface area (Å²) in [5.74, 6) is 0. The number of aliphatic hydroxyl groups is 1. The highest BCUT2D eigenvalue weighted by molar-refractivity contribution is 5.74. The maximum Gasteiger partial charge on any atom is 0.317 e. The van der Waals surface area contributed by atoms with Gasteiger partial charge in [0.2, 0.25) is 0 Å². The number of β-amino-alcohol motifs (C(OH)–C–C–N with tert-alkyl or cyclic N) is 1. The second-order valence-corrected chi connectivity index (χ2v) is 7.10. The average Bonchev–Trinajstić information content (AvgIpc) is 3.11. The molecule has 2 aliphatic heterocycles. The molecule has 2 saturated heterocycles. The zero-order valence-electron chi connectivity index (χ0n) is 14.6. The molecule has 24 heavy (non-hydrogen) atoms. The van der Waals surface area contributed by atoms with Gasteiger partial charge in [-0.15, -0.1) is 0 Å². The maximum atomic E-state index is 12.4. The van der Waals surface area contributed by atoms with Gasteiger partial charge in [0.1, 0.15) is 0 Å². The van der Waals surface area contributed by atoms with E-state index >= 15 is 0 Å². The summed E-state index contributed by atoms with van der Waals surface area (Å²) in [5.41, 5.74) is 2.52. The molecule has 3 rings (SSSR count). The SMILES string of the molecule is Cc1ccc(C(CNC(=O)N2CCCC(O)C2)N2CCCC2)cc1. The molecule has 2 atom stereocenters. The first-order chi connectivity index (χ1) is 11.6. The molecular weight excluding hydrogens is 302 g/mol. The van der Waals surface area contributed by atoms with Gasteiger partial charge in [-0.1, -0.05) is 29.8 Å². The van der Waals surface area contributed by atoms with E-state index < -0.39 is 0 Å². The Kier molecular flexibility index (Phi) is 5.74. The predicted molar refractivity (Wildman–Crippen MR) is 94.9 cm³/mol. The highest BCUT2D eigenvalue weighted by Gasteiger charge is 2.26. The minimum atomic E-state index is -0.379. The van der Waals surface area contributed by atoms with Gasteiger partial charge in [-0.2, -0.15) is 0 Å². The summed E-state index contributed by atoms with van der Waals surface area (Å²) < 4.78 is 0. The number of rotatable bonds is 4. The molecule has 0 radical (unpaired) electrons. The maximum absolute atomic E-state index is 12.4. The fourth-order valence-corrected chi connectivity index (χ4v) is 3.73. The van der Waals surface area contributed by atoms with Crippen LogP contribution in [0.5, 0.6) is 0 Å². The Morgan fingerprint density at radius 2 is 1.92 bits per heavy atom. The normalized spacial score (nSPS) is 23.2. The van der Waals surface area contributed by atoms with Crippen LogP contribution < -0.4 is 5.32 Å². The monoisotopic (exact) mass is 331 g/mol. The van der Waals surface area contributed by atoms with Crippen molar-refractivity contribution in [3.8, 4) is 0 Å². The molecule has 1 aromatic carbocycles. The molecule has 5 nitrogen and oxygen atoms in total. The molecular formula is C19H29N3O2. The van der Waals surface area contributed by atoms with E-state index in [9.17, 15) is 9.90 Å². The van der Waals surface area contributed by atoms with E-state index in [1.54, 1.807) is 4.90 Å². The third-order valence-corrected chi connectivity index (χ3v) is 5.17. The number of aryl methyl sites for hydroxylation is 1. The molecule has 0 spiro atoms. The Bertz CT molecular complexity index is 540. The largest absolute Gasteiger partial charge is 0.391 e. The third kappa shape index (κ3) is 4.28. The first-order valence-corrected chi connectivity index (χ1v) is 9.15. The summed E-state index contributed by atoms with van der Waals surface area (Å²) in [6, 6.07) is 8.81. The van der Waals surface area contributed by atoms with Crippen LogP contribution >= 0.6 is 0 Å². The number of hydrogen-bond acceptors (Lipinski definition) is 3. The molecule has 1 aromatic rings. The standard InChI is InChI=1S/C19H29N3O2/c1-15-6-8-16(9-7-15)18(21-10-2-3-11-21)13-20-19(24)22-12-4-5-17(23)14-22/h6-9,17-18,23H,2-5,10-14H2,1H3,(H,20,24). The highest BCUT2D eigenvalue weighted by Crippen LogP contribution is 2.25. The molecule has 2 unspecified atom stereocenters. The second-order valence-electron chi connectivity index (χ2n) is 7.10. The lowest BCUT2D eigenvalue weighted by Gasteiger charge is -2.32. The summed E-state index contributed by atoms with van der Waals surface area (Å²) in [4.78, 5) is 16.6. The van der Waals surface area contributed by atoms with E-state index in [2.05, 4.69) is 41.4 Å². The number of carbonyl (C=O) groups is 1. The smallest absolute Gasteiger partial charge is 0.317 e. The quantitative estimate of drug-likeness (QED) is 0.890. The van der Waals surface area contributed by atoms with Crippen molar-refractivity contribution < 1.29 is 9.90 Å². The summed E-state index contributed by atoms with van der Waals surface area (Å²) in [6.45, 7) is 6.09. The van der Waals surface area contributed by atoms with Crippen LogP contribution in [0, 0.1) is 6.92 Å². The Morgan fingerprint density at radius 3 is 2.58 bits per heavy atom. The number of carbonyl (C=O) groups excluding carboxylic acids is 1. The van der Waals surface area contributed by atoms with Crippen molar-refractivity contribution in [3.63, 3.8) is 0 Å². The number of likely N-dealkylation sites (tertiary alicyclic amines) is 2. The number of hydrogen-bond donors (Lipinski definition) is 2. The minimum absolute atomic E-state index is 0.0509. The lowest BCUT2D eigenvalue weighted by Crippen LogP contribution is -2.48. The van der Waals surface area contributed by atoms with Gasteiger partial charge in [0.15, 0.2) is 0 Å². The number of aliphatic hydroxyl groups excluding tert-OH is 1. The molecule has 132 valence electrons. The van der Waals surface area contributed by atoms with Gasteiger partial charge in [0, 0.05) is 19.6 Å². The van der Waals surface area contributed by atoms with E-state index in [1.807, 2.05) is 0 Å². The third-order valence-electron chi connectivity index (χ3n) is 5.17. The number of piperidine rings is 1. The van der Waals surface area contributed by atoms with E-state index in [1.165, 1.54) is 24.0 Å². The molecule has 2 N–H and O–H groups in total. The van der Waals surface area contributed by atoms with Crippen LogP contribution in [0.2, 0.25) is 0 Å². The lowest BCUT2D eigenvalue weighted by molar-refractivity contribution is 0.0834. The summed E-state index contributed by atoms with van der Waals surface area (Å²) in [7, 11) is 0. The first-order valence-electron chi connectivity index (χ1n) is 9.15. The zero-order chi connectivity index (χ0) is 16.9. The molecule has 0 aromatic heterocycles. The van der Waals surface area contributed by atoms with Crippen LogP contribution in [0.25, 0.3) is 0 Å². The lowest BCUT2D eigenvalue weighted by atomic mass is 10.0. The van der Waals surface area contributed by atoms with Crippen molar-refractivity contribution in [2.45, 2.75) is 44.8 Å². The van der Waals surface area contributed by atoms with E-state index in [-0.39, 0.29) is 18.2 Å². The second kappa shape index (κ2) is 7.99. The summed E-state index contributed by atoms with van der Waals surface area (Å²) in [6.07, 6.45) is 3.76.